The molecule has 1 atom stereocenters. The number of anilines is 1. The van der Waals surface area contributed by atoms with Crippen molar-refractivity contribution in [2.45, 2.75) is 18.4 Å². The average Bonchev–Trinajstić information content (AvgIpc) is 2.42. The second kappa shape index (κ2) is 6.63. The zero-order valence-electron chi connectivity index (χ0n) is 10.9. The predicted molar refractivity (Wildman–Crippen MR) is 80.5 cm³/mol. The number of carbonyl (C=O) groups excluding carboxylic acids is 1. The van der Waals surface area contributed by atoms with Crippen molar-refractivity contribution in [3.8, 4) is 0 Å². The highest BCUT2D eigenvalue weighted by Gasteiger charge is 2.29. The highest BCUT2D eigenvalue weighted by molar-refractivity contribution is 6.35. The molecule has 2 rings (SSSR count). The molecule has 1 saturated heterocycles. The van der Waals surface area contributed by atoms with Crippen molar-refractivity contribution in [3.63, 3.8) is 0 Å². The Morgan fingerprint density at radius 3 is 2.95 bits per heavy atom. The van der Waals surface area contributed by atoms with Gasteiger partial charge in [-0.15, -0.1) is 0 Å². The standard InChI is InChI=1S/C13H17Cl2N3O2/c14-9-2-3-10(15)11(6-9)18-12(19)17-8-13(20)4-1-5-16-7-13/h2-3,6,16,20H,1,4-5,7-8H2,(H2,17,18,19)/t13-/m0/s1. The first-order chi connectivity index (χ1) is 9.48. The molecule has 5 nitrogen and oxygen atoms in total. The van der Waals surface area contributed by atoms with E-state index >= 15 is 0 Å². The summed E-state index contributed by atoms with van der Waals surface area (Å²) >= 11 is 11.8. The van der Waals surface area contributed by atoms with Gasteiger partial charge in [0, 0.05) is 18.1 Å². The van der Waals surface area contributed by atoms with E-state index in [2.05, 4.69) is 16.0 Å². The Balaban J connectivity index is 1.87. The number of hydrogen-bond acceptors (Lipinski definition) is 3. The van der Waals surface area contributed by atoms with Crippen LogP contribution in [-0.4, -0.2) is 36.4 Å². The summed E-state index contributed by atoms with van der Waals surface area (Å²) in [5.74, 6) is 0. The van der Waals surface area contributed by atoms with E-state index in [0.717, 1.165) is 13.0 Å². The van der Waals surface area contributed by atoms with Gasteiger partial charge >= 0.3 is 6.03 Å². The van der Waals surface area contributed by atoms with Crippen molar-refractivity contribution in [3.05, 3.63) is 28.2 Å². The van der Waals surface area contributed by atoms with Crippen LogP contribution in [0.4, 0.5) is 10.5 Å². The van der Waals surface area contributed by atoms with Crippen LogP contribution in [0.1, 0.15) is 12.8 Å². The van der Waals surface area contributed by atoms with Gasteiger partial charge in [-0.05, 0) is 37.6 Å². The van der Waals surface area contributed by atoms with Crippen molar-refractivity contribution < 1.29 is 9.90 Å². The maximum atomic E-state index is 11.8. The molecular formula is C13H17Cl2N3O2. The van der Waals surface area contributed by atoms with Gasteiger partial charge in [0.2, 0.25) is 0 Å². The third-order valence-electron chi connectivity index (χ3n) is 3.20. The SMILES string of the molecule is O=C(NC[C@]1(O)CCCNC1)Nc1cc(Cl)ccc1Cl. The fraction of sp³-hybridized carbons (Fsp3) is 0.462. The number of amides is 2. The third-order valence-corrected chi connectivity index (χ3v) is 3.77. The van der Waals surface area contributed by atoms with E-state index in [-0.39, 0.29) is 6.54 Å². The fourth-order valence-electron chi connectivity index (χ4n) is 2.11. The molecule has 0 saturated carbocycles. The lowest BCUT2D eigenvalue weighted by atomic mass is 9.94. The van der Waals surface area contributed by atoms with Crippen LogP contribution in [0.25, 0.3) is 0 Å². The summed E-state index contributed by atoms with van der Waals surface area (Å²) in [5, 5.41) is 19.5. The molecule has 4 N–H and O–H groups in total. The predicted octanol–water partition coefficient (Wildman–Crippen LogP) is 2.23. The lowest BCUT2D eigenvalue weighted by Gasteiger charge is -2.32. The first kappa shape index (κ1) is 15.4. The van der Waals surface area contributed by atoms with Crippen LogP contribution in [0.2, 0.25) is 10.0 Å². The summed E-state index contributed by atoms with van der Waals surface area (Å²) < 4.78 is 0. The van der Waals surface area contributed by atoms with Gasteiger partial charge < -0.3 is 21.1 Å². The van der Waals surface area contributed by atoms with Gasteiger partial charge in [0.1, 0.15) is 0 Å². The smallest absolute Gasteiger partial charge is 0.319 e. The molecule has 1 heterocycles. The number of benzene rings is 1. The fourth-order valence-corrected chi connectivity index (χ4v) is 2.44. The maximum absolute atomic E-state index is 11.8. The van der Waals surface area contributed by atoms with Crippen molar-refractivity contribution >= 4 is 34.9 Å². The monoisotopic (exact) mass is 317 g/mol. The van der Waals surface area contributed by atoms with Crippen molar-refractivity contribution in [2.24, 2.45) is 0 Å². The van der Waals surface area contributed by atoms with E-state index < -0.39 is 11.6 Å². The van der Waals surface area contributed by atoms with Gasteiger partial charge in [-0.25, -0.2) is 4.79 Å². The minimum atomic E-state index is -0.895. The van der Waals surface area contributed by atoms with E-state index in [1.54, 1.807) is 18.2 Å². The number of aliphatic hydroxyl groups is 1. The molecule has 7 heteroatoms. The minimum Gasteiger partial charge on any atom is -0.387 e. The number of urea groups is 1. The van der Waals surface area contributed by atoms with Gasteiger partial charge in [-0.2, -0.15) is 0 Å². The lowest BCUT2D eigenvalue weighted by molar-refractivity contribution is 0.0198. The van der Waals surface area contributed by atoms with Crippen LogP contribution in [0.3, 0.4) is 0 Å². The first-order valence-electron chi connectivity index (χ1n) is 6.42. The molecule has 0 aromatic heterocycles. The molecule has 0 unspecified atom stereocenters. The lowest BCUT2D eigenvalue weighted by Crippen LogP contribution is -2.53. The van der Waals surface area contributed by atoms with E-state index in [4.69, 9.17) is 23.2 Å². The molecule has 0 bridgehead atoms. The molecule has 1 aliphatic heterocycles. The third kappa shape index (κ3) is 4.24. The Bertz CT molecular complexity index is 491. The van der Waals surface area contributed by atoms with Gasteiger partial charge in [0.15, 0.2) is 0 Å². The normalized spacial score (nSPS) is 22.4. The zero-order chi connectivity index (χ0) is 14.6. The molecule has 0 radical (unpaired) electrons. The highest BCUT2D eigenvalue weighted by Crippen LogP contribution is 2.25. The molecule has 1 aromatic rings. The number of halogens is 2. The van der Waals surface area contributed by atoms with Crippen LogP contribution in [0, 0.1) is 0 Å². The zero-order valence-corrected chi connectivity index (χ0v) is 12.4. The Kier molecular flexibility index (Phi) is 5.10. The Morgan fingerprint density at radius 2 is 2.25 bits per heavy atom. The van der Waals surface area contributed by atoms with Crippen LogP contribution < -0.4 is 16.0 Å². The molecule has 2 amide bonds. The van der Waals surface area contributed by atoms with Crippen LogP contribution in [0.15, 0.2) is 18.2 Å². The number of nitrogens with one attached hydrogen (secondary N) is 3. The summed E-state index contributed by atoms with van der Waals surface area (Å²) in [6, 6.07) is 4.40. The number of hydrogen-bond donors (Lipinski definition) is 4. The van der Waals surface area contributed by atoms with E-state index in [0.29, 0.717) is 28.7 Å². The molecule has 1 fully saturated rings. The minimum absolute atomic E-state index is 0.185. The largest absolute Gasteiger partial charge is 0.387 e. The average molecular weight is 318 g/mol. The Morgan fingerprint density at radius 1 is 1.45 bits per heavy atom. The van der Waals surface area contributed by atoms with Gasteiger partial charge in [0.05, 0.1) is 16.3 Å². The van der Waals surface area contributed by atoms with Crippen molar-refractivity contribution in [2.75, 3.05) is 25.0 Å². The Labute approximate surface area is 127 Å². The molecule has 0 spiro atoms. The number of piperidine rings is 1. The second-order valence-corrected chi connectivity index (χ2v) is 5.78. The van der Waals surface area contributed by atoms with E-state index in [1.807, 2.05) is 0 Å². The molecule has 1 aromatic carbocycles. The molecule has 0 aliphatic carbocycles. The van der Waals surface area contributed by atoms with Crippen LogP contribution in [-0.2, 0) is 0 Å². The summed E-state index contributed by atoms with van der Waals surface area (Å²) in [6.45, 7) is 1.56. The molecule has 20 heavy (non-hydrogen) atoms. The maximum Gasteiger partial charge on any atom is 0.319 e. The molecule has 1 aliphatic rings. The number of carbonyl (C=O) groups is 1. The molecule has 110 valence electrons. The van der Waals surface area contributed by atoms with Crippen molar-refractivity contribution in [1.29, 1.82) is 0 Å². The summed E-state index contributed by atoms with van der Waals surface area (Å²) in [7, 11) is 0. The summed E-state index contributed by atoms with van der Waals surface area (Å²) in [5.41, 5.74) is -0.460. The topological polar surface area (TPSA) is 73.4 Å². The number of β-amino-alcohol motifs (C(OH)–C–C–N with tert-alkyl or cyclic N) is 1. The highest BCUT2D eigenvalue weighted by atomic mass is 35.5. The van der Waals surface area contributed by atoms with Crippen LogP contribution in [0.5, 0.6) is 0 Å². The molecular weight excluding hydrogens is 301 g/mol. The van der Waals surface area contributed by atoms with Gasteiger partial charge in [0.25, 0.3) is 0 Å². The summed E-state index contributed by atoms with van der Waals surface area (Å²) in [4.78, 5) is 11.8. The number of rotatable bonds is 3. The first-order valence-corrected chi connectivity index (χ1v) is 7.17. The van der Waals surface area contributed by atoms with Crippen molar-refractivity contribution in [1.82, 2.24) is 10.6 Å². The van der Waals surface area contributed by atoms with E-state index in [1.165, 1.54) is 0 Å². The van der Waals surface area contributed by atoms with Gasteiger partial charge in [-0.3, -0.25) is 0 Å². The second-order valence-electron chi connectivity index (χ2n) is 4.94. The van der Waals surface area contributed by atoms with Gasteiger partial charge in [-0.1, -0.05) is 23.2 Å². The van der Waals surface area contributed by atoms with E-state index in [9.17, 15) is 9.90 Å². The Hall–Kier alpha value is -1.01. The van der Waals surface area contributed by atoms with Crippen LogP contribution >= 0.6 is 23.2 Å². The quantitative estimate of drug-likeness (QED) is 0.690. The summed E-state index contributed by atoms with van der Waals surface area (Å²) in [6.07, 6.45) is 1.55.